The molecule has 0 spiro atoms. The summed E-state index contributed by atoms with van der Waals surface area (Å²) in [7, 11) is -3.69. The number of halogens is 1. The van der Waals surface area contributed by atoms with E-state index >= 15 is 0 Å². The van der Waals surface area contributed by atoms with Gasteiger partial charge in [0.25, 0.3) is 0 Å². The summed E-state index contributed by atoms with van der Waals surface area (Å²) in [6, 6.07) is 2.75. The van der Waals surface area contributed by atoms with Crippen LogP contribution in [0.3, 0.4) is 0 Å². The number of rotatable bonds is 6. The van der Waals surface area contributed by atoms with Crippen molar-refractivity contribution in [1.29, 1.82) is 0 Å². The fourth-order valence-electron chi connectivity index (χ4n) is 2.04. The van der Waals surface area contributed by atoms with Gasteiger partial charge in [0.1, 0.15) is 5.82 Å². The summed E-state index contributed by atoms with van der Waals surface area (Å²) in [4.78, 5) is 0.0143. The standard InChI is InChI=1S/C14H23FN2O2S/c1-5-17(9-10(2)3)20(18,19)14-7-12(8-16)6-13(15)11(14)4/h6-7,10H,5,8-9,16H2,1-4H3. The van der Waals surface area contributed by atoms with E-state index in [0.717, 1.165) is 0 Å². The second kappa shape index (κ2) is 6.65. The van der Waals surface area contributed by atoms with Crippen molar-refractivity contribution in [3.8, 4) is 0 Å². The van der Waals surface area contributed by atoms with Crippen molar-refractivity contribution in [2.24, 2.45) is 11.7 Å². The van der Waals surface area contributed by atoms with Crippen LogP contribution in [-0.4, -0.2) is 25.8 Å². The number of hydrogen-bond acceptors (Lipinski definition) is 3. The molecule has 0 amide bonds. The van der Waals surface area contributed by atoms with Gasteiger partial charge >= 0.3 is 0 Å². The summed E-state index contributed by atoms with van der Waals surface area (Å²) < 4.78 is 40.5. The van der Waals surface area contributed by atoms with Gasteiger partial charge in [-0.2, -0.15) is 4.31 Å². The molecule has 1 aromatic rings. The van der Waals surface area contributed by atoms with E-state index < -0.39 is 15.8 Å². The van der Waals surface area contributed by atoms with E-state index in [4.69, 9.17) is 5.73 Å². The quantitative estimate of drug-likeness (QED) is 0.876. The van der Waals surface area contributed by atoms with Gasteiger partial charge in [0.15, 0.2) is 0 Å². The van der Waals surface area contributed by atoms with E-state index in [1.54, 1.807) is 6.92 Å². The third-order valence-electron chi connectivity index (χ3n) is 3.13. The van der Waals surface area contributed by atoms with Gasteiger partial charge in [0, 0.05) is 25.2 Å². The van der Waals surface area contributed by atoms with Crippen molar-refractivity contribution in [2.75, 3.05) is 13.1 Å². The topological polar surface area (TPSA) is 63.4 Å². The first-order chi connectivity index (χ1) is 9.23. The third kappa shape index (κ3) is 3.56. The summed E-state index contributed by atoms with van der Waals surface area (Å²) >= 11 is 0. The van der Waals surface area contributed by atoms with Gasteiger partial charge in [-0.1, -0.05) is 20.8 Å². The predicted molar refractivity (Wildman–Crippen MR) is 78.3 cm³/mol. The van der Waals surface area contributed by atoms with Gasteiger partial charge < -0.3 is 5.73 Å². The molecule has 1 rings (SSSR count). The molecule has 4 nitrogen and oxygen atoms in total. The Hall–Kier alpha value is -0.980. The monoisotopic (exact) mass is 302 g/mol. The zero-order chi connectivity index (χ0) is 15.5. The molecule has 0 saturated heterocycles. The molecule has 20 heavy (non-hydrogen) atoms. The third-order valence-corrected chi connectivity index (χ3v) is 5.20. The fourth-order valence-corrected chi connectivity index (χ4v) is 3.93. The van der Waals surface area contributed by atoms with E-state index in [1.807, 2.05) is 13.8 Å². The van der Waals surface area contributed by atoms with Gasteiger partial charge in [0.05, 0.1) is 4.90 Å². The Morgan fingerprint density at radius 3 is 2.40 bits per heavy atom. The van der Waals surface area contributed by atoms with Crippen LogP contribution in [0.2, 0.25) is 0 Å². The van der Waals surface area contributed by atoms with Crippen molar-refractivity contribution in [3.63, 3.8) is 0 Å². The molecule has 0 fully saturated rings. The zero-order valence-corrected chi connectivity index (χ0v) is 13.3. The van der Waals surface area contributed by atoms with Gasteiger partial charge in [-0.25, -0.2) is 12.8 Å². The molecule has 114 valence electrons. The molecule has 0 aliphatic rings. The Kier molecular flexibility index (Phi) is 5.68. The summed E-state index contributed by atoms with van der Waals surface area (Å²) in [5, 5.41) is 0. The van der Waals surface area contributed by atoms with Crippen LogP contribution in [0.25, 0.3) is 0 Å². The highest BCUT2D eigenvalue weighted by molar-refractivity contribution is 7.89. The largest absolute Gasteiger partial charge is 0.326 e. The molecule has 0 saturated carbocycles. The van der Waals surface area contributed by atoms with E-state index in [-0.39, 0.29) is 22.9 Å². The molecule has 0 aliphatic carbocycles. The maximum Gasteiger partial charge on any atom is 0.243 e. The Morgan fingerprint density at radius 2 is 1.95 bits per heavy atom. The van der Waals surface area contributed by atoms with E-state index in [9.17, 15) is 12.8 Å². The highest BCUT2D eigenvalue weighted by atomic mass is 32.2. The zero-order valence-electron chi connectivity index (χ0n) is 12.5. The predicted octanol–water partition coefficient (Wildman–Crippen LogP) is 2.26. The van der Waals surface area contributed by atoms with Crippen LogP contribution in [0.4, 0.5) is 4.39 Å². The van der Waals surface area contributed by atoms with Crippen LogP contribution in [0.5, 0.6) is 0 Å². The smallest absolute Gasteiger partial charge is 0.243 e. The Labute approximate surface area is 120 Å². The average Bonchev–Trinajstić information content (AvgIpc) is 2.38. The highest BCUT2D eigenvalue weighted by Crippen LogP contribution is 2.24. The Balaban J connectivity index is 3.37. The minimum Gasteiger partial charge on any atom is -0.326 e. The maximum atomic E-state index is 13.8. The van der Waals surface area contributed by atoms with Crippen LogP contribution in [0.15, 0.2) is 17.0 Å². The van der Waals surface area contributed by atoms with E-state index in [2.05, 4.69) is 0 Å². The lowest BCUT2D eigenvalue weighted by Crippen LogP contribution is -2.34. The lowest BCUT2D eigenvalue weighted by atomic mass is 10.1. The number of nitrogens with zero attached hydrogens (tertiary/aromatic N) is 1. The Bertz CT molecular complexity index is 571. The summed E-state index contributed by atoms with van der Waals surface area (Å²) in [6.07, 6.45) is 0. The van der Waals surface area contributed by atoms with Crippen LogP contribution < -0.4 is 5.73 Å². The summed E-state index contributed by atoms with van der Waals surface area (Å²) in [5.74, 6) is -0.334. The van der Waals surface area contributed by atoms with Gasteiger partial charge in [-0.3, -0.25) is 0 Å². The van der Waals surface area contributed by atoms with Crippen molar-refractivity contribution in [2.45, 2.75) is 39.1 Å². The first-order valence-corrected chi connectivity index (χ1v) is 8.17. The van der Waals surface area contributed by atoms with Crippen molar-refractivity contribution < 1.29 is 12.8 Å². The van der Waals surface area contributed by atoms with Gasteiger partial charge in [0.2, 0.25) is 10.0 Å². The normalized spacial score (nSPS) is 12.4. The van der Waals surface area contributed by atoms with Crippen LogP contribution in [-0.2, 0) is 16.6 Å². The summed E-state index contributed by atoms with van der Waals surface area (Å²) in [6.45, 7) is 8.02. The molecule has 0 unspecified atom stereocenters. The highest BCUT2D eigenvalue weighted by Gasteiger charge is 2.27. The second-order valence-corrected chi connectivity index (χ2v) is 7.16. The molecule has 0 aliphatic heterocycles. The molecule has 2 N–H and O–H groups in total. The van der Waals surface area contributed by atoms with Crippen LogP contribution in [0.1, 0.15) is 31.9 Å². The average molecular weight is 302 g/mol. The molecule has 1 aromatic carbocycles. The van der Waals surface area contributed by atoms with Crippen LogP contribution in [0, 0.1) is 18.7 Å². The molecule has 0 aromatic heterocycles. The fraction of sp³-hybridized carbons (Fsp3) is 0.571. The number of sulfonamides is 1. The molecule has 0 radical (unpaired) electrons. The first-order valence-electron chi connectivity index (χ1n) is 6.73. The lowest BCUT2D eigenvalue weighted by Gasteiger charge is -2.23. The molecule has 0 atom stereocenters. The maximum absolute atomic E-state index is 13.8. The van der Waals surface area contributed by atoms with Crippen molar-refractivity contribution in [1.82, 2.24) is 4.31 Å². The molecular weight excluding hydrogens is 279 g/mol. The first kappa shape index (κ1) is 17.1. The number of hydrogen-bond donors (Lipinski definition) is 1. The summed E-state index contributed by atoms with van der Waals surface area (Å²) in [5.41, 5.74) is 6.12. The molecule has 0 bridgehead atoms. The molecular formula is C14H23FN2O2S. The van der Waals surface area contributed by atoms with E-state index in [1.165, 1.54) is 23.4 Å². The molecule has 0 heterocycles. The minimum atomic E-state index is -3.69. The number of benzene rings is 1. The van der Waals surface area contributed by atoms with Crippen molar-refractivity contribution in [3.05, 3.63) is 29.1 Å². The van der Waals surface area contributed by atoms with Gasteiger partial charge in [-0.15, -0.1) is 0 Å². The number of nitrogens with two attached hydrogens (primary N) is 1. The molecule has 6 heteroatoms. The van der Waals surface area contributed by atoms with Crippen molar-refractivity contribution >= 4 is 10.0 Å². The Morgan fingerprint density at radius 1 is 1.35 bits per heavy atom. The van der Waals surface area contributed by atoms with Crippen LogP contribution >= 0.6 is 0 Å². The minimum absolute atomic E-state index is 0.0143. The SMILES string of the molecule is CCN(CC(C)C)S(=O)(=O)c1cc(CN)cc(F)c1C. The second-order valence-electron chi connectivity index (χ2n) is 5.25. The van der Waals surface area contributed by atoms with Gasteiger partial charge in [-0.05, 0) is 30.5 Å². The lowest BCUT2D eigenvalue weighted by molar-refractivity contribution is 0.380. The van der Waals surface area contributed by atoms with E-state index in [0.29, 0.717) is 18.7 Å².